The van der Waals surface area contributed by atoms with Gasteiger partial charge in [-0.25, -0.2) is 15.0 Å². The van der Waals surface area contributed by atoms with Crippen LogP contribution in [0, 0.1) is 0 Å². The van der Waals surface area contributed by atoms with Gasteiger partial charge in [0.05, 0.1) is 16.7 Å². The molecular formula is C45H30N4. The van der Waals surface area contributed by atoms with Crippen molar-refractivity contribution in [3.05, 3.63) is 182 Å². The summed E-state index contributed by atoms with van der Waals surface area (Å²) >= 11 is 0. The van der Waals surface area contributed by atoms with Crippen molar-refractivity contribution >= 4 is 21.8 Å². The first-order chi connectivity index (χ1) is 24.3. The quantitative estimate of drug-likeness (QED) is 0.184. The lowest BCUT2D eigenvalue weighted by Gasteiger charge is -2.17. The number of rotatable bonds is 6. The molecule has 4 heteroatoms. The fraction of sp³-hybridized carbons (Fsp3) is 0. The molecular weight excluding hydrogens is 597 g/mol. The molecule has 0 spiro atoms. The van der Waals surface area contributed by atoms with Gasteiger partial charge in [0.25, 0.3) is 0 Å². The molecule has 4 nitrogen and oxygen atoms in total. The average molecular weight is 627 g/mol. The number of hydrogen-bond acceptors (Lipinski definition) is 3. The maximum absolute atomic E-state index is 5.21. The van der Waals surface area contributed by atoms with Crippen LogP contribution in [0.25, 0.3) is 83.9 Å². The predicted molar refractivity (Wildman–Crippen MR) is 201 cm³/mol. The zero-order valence-electron chi connectivity index (χ0n) is 26.6. The molecule has 9 rings (SSSR count). The molecule has 0 N–H and O–H groups in total. The van der Waals surface area contributed by atoms with Crippen molar-refractivity contribution in [2.75, 3.05) is 0 Å². The molecule has 9 aromatic rings. The van der Waals surface area contributed by atoms with Gasteiger partial charge in [-0.15, -0.1) is 0 Å². The molecule has 0 aliphatic carbocycles. The SMILES string of the molecule is c1ccc(-c2nc(-c3ccccc3)nc(-c3cc(-c4ccccc4-c4ccccc4)ccc3-n3c4ccccc4c4ccccc43)n2)cc1. The Morgan fingerprint density at radius 3 is 1.29 bits per heavy atom. The third-order valence-corrected chi connectivity index (χ3v) is 9.08. The van der Waals surface area contributed by atoms with Gasteiger partial charge < -0.3 is 4.57 Å². The highest BCUT2D eigenvalue weighted by Crippen LogP contribution is 2.40. The smallest absolute Gasteiger partial charge is 0.166 e. The summed E-state index contributed by atoms with van der Waals surface area (Å²) in [5, 5.41) is 2.40. The number of hydrogen-bond donors (Lipinski definition) is 0. The minimum Gasteiger partial charge on any atom is -0.309 e. The Hall–Kier alpha value is -6.65. The lowest BCUT2D eigenvalue weighted by molar-refractivity contribution is 1.06. The lowest BCUT2D eigenvalue weighted by Crippen LogP contribution is -2.04. The van der Waals surface area contributed by atoms with E-state index in [0.29, 0.717) is 17.5 Å². The van der Waals surface area contributed by atoms with Gasteiger partial charge in [0.15, 0.2) is 17.5 Å². The molecule has 0 radical (unpaired) electrons. The number of aromatic nitrogens is 4. The van der Waals surface area contributed by atoms with E-state index in [1.165, 1.54) is 21.9 Å². The highest BCUT2D eigenvalue weighted by atomic mass is 15.1. The first kappa shape index (κ1) is 28.6. The lowest BCUT2D eigenvalue weighted by atomic mass is 9.93. The molecule has 230 valence electrons. The van der Waals surface area contributed by atoms with Crippen molar-refractivity contribution in [1.29, 1.82) is 0 Å². The monoisotopic (exact) mass is 626 g/mol. The fourth-order valence-electron chi connectivity index (χ4n) is 6.79. The summed E-state index contributed by atoms with van der Waals surface area (Å²) in [6, 6.07) is 63.3. The van der Waals surface area contributed by atoms with E-state index in [0.717, 1.165) is 44.5 Å². The topological polar surface area (TPSA) is 43.6 Å². The van der Waals surface area contributed by atoms with Crippen LogP contribution >= 0.6 is 0 Å². The van der Waals surface area contributed by atoms with Crippen LogP contribution in [-0.4, -0.2) is 19.5 Å². The van der Waals surface area contributed by atoms with Crippen molar-refractivity contribution in [2.45, 2.75) is 0 Å². The molecule has 49 heavy (non-hydrogen) atoms. The van der Waals surface area contributed by atoms with Gasteiger partial charge >= 0.3 is 0 Å². The largest absolute Gasteiger partial charge is 0.309 e. The molecule has 0 aliphatic heterocycles. The summed E-state index contributed by atoms with van der Waals surface area (Å²) in [7, 11) is 0. The van der Waals surface area contributed by atoms with E-state index in [2.05, 4.69) is 126 Å². The van der Waals surface area contributed by atoms with Crippen LogP contribution < -0.4 is 0 Å². The minimum atomic E-state index is 0.614. The van der Waals surface area contributed by atoms with Crippen LogP contribution in [0.4, 0.5) is 0 Å². The third-order valence-electron chi connectivity index (χ3n) is 9.08. The molecule has 0 aliphatic rings. The van der Waals surface area contributed by atoms with Gasteiger partial charge in [-0.05, 0) is 46.5 Å². The maximum atomic E-state index is 5.21. The van der Waals surface area contributed by atoms with Gasteiger partial charge in [-0.3, -0.25) is 0 Å². The fourth-order valence-corrected chi connectivity index (χ4v) is 6.79. The molecule has 0 fully saturated rings. The normalized spacial score (nSPS) is 11.3. The Morgan fingerprint density at radius 2 is 0.735 bits per heavy atom. The van der Waals surface area contributed by atoms with Crippen molar-refractivity contribution in [2.24, 2.45) is 0 Å². The Balaban J connectivity index is 1.36. The molecule has 0 atom stereocenters. The molecule has 7 aromatic carbocycles. The Kier molecular flexibility index (Phi) is 7.10. The molecule has 0 unspecified atom stereocenters. The highest BCUT2D eigenvalue weighted by Gasteiger charge is 2.20. The van der Waals surface area contributed by atoms with E-state index in [1.54, 1.807) is 0 Å². The van der Waals surface area contributed by atoms with Crippen LogP contribution in [0.3, 0.4) is 0 Å². The Labute approximate surface area is 284 Å². The van der Waals surface area contributed by atoms with Crippen LogP contribution in [0.5, 0.6) is 0 Å². The van der Waals surface area contributed by atoms with Crippen molar-refractivity contribution in [3.63, 3.8) is 0 Å². The molecule has 0 bridgehead atoms. The van der Waals surface area contributed by atoms with Crippen LogP contribution in [0.15, 0.2) is 182 Å². The van der Waals surface area contributed by atoms with Gasteiger partial charge in [0, 0.05) is 27.5 Å². The first-order valence-electron chi connectivity index (χ1n) is 16.5. The zero-order valence-corrected chi connectivity index (χ0v) is 26.6. The van der Waals surface area contributed by atoms with Gasteiger partial charge in [-0.1, -0.05) is 158 Å². The van der Waals surface area contributed by atoms with Crippen LogP contribution in [0.1, 0.15) is 0 Å². The van der Waals surface area contributed by atoms with E-state index in [4.69, 9.17) is 15.0 Å². The second kappa shape index (κ2) is 12.2. The third kappa shape index (κ3) is 5.16. The molecule has 0 saturated carbocycles. The summed E-state index contributed by atoms with van der Waals surface area (Å²) in [4.78, 5) is 15.4. The standard InChI is InChI=1S/C45H30N4/c1-4-16-31(17-5-1)35-22-10-11-23-36(35)34-28-29-42(49-40-26-14-12-24-37(40)38-25-13-15-27-41(38)49)39(30-34)45-47-43(32-18-6-2-7-19-32)46-44(48-45)33-20-8-3-9-21-33/h1-30H. The minimum absolute atomic E-state index is 0.614. The van der Waals surface area contributed by atoms with Crippen LogP contribution in [0.2, 0.25) is 0 Å². The van der Waals surface area contributed by atoms with Crippen molar-refractivity contribution in [3.8, 4) is 62.1 Å². The van der Waals surface area contributed by atoms with Gasteiger partial charge in [0.1, 0.15) is 0 Å². The summed E-state index contributed by atoms with van der Waals surface area (Å²) < 4.78 is 2.35. The Bertz CT molecular complexity index is 2480. The second-order valence-electron chi connectivity index (χ2n) is 12.1. The molecule has 0 saturated heterocycles. The Morgan fingerprint density at radius 1 is 0.306 bits per heavy atom. The van der Waals surface area contributed by atoms with E-state index in [9.17, 15) is 0 Å². The first-order valence-corrected chi connectivity index (χ1v) is 16.5. The molecule has 0 amide bonds. The summed E-state index contributed by atoms with van der Waals surface area (Å²) in [5.41, 5.74) is 10.6. The number of benzene rings is 7. The van der Waals surface area contributed by atoms with Gasteiger partial charge in [0.2, 0.25) is 0 Å². The van der Waals surface area contributed by atoms with E-state index < -0.39 is 0 Å². The van der Waals surface area contributed by atoms with E-state index >= 15 is 0 Å². The maximum Gasteiger partial charge on any atom is 0.166 e. The second-order valence-corrected chi connectivity index (χ2v) is 12.1. The van der Waals surface area contributed by atoms with Crippen molar-refractivity contribution < 1.29 is 0 Å². The van der Waals surface area contributed by atoms with Gasteiger partial charge in [-0.2, -0.15) is 0 Å². The zero-order chi connectivity index (χ0) is 32.6. The van der Waals surface area contributed by atoms with E-state index in [-0.39, 0.29) is 0 Å². The molecule has 2 aromatic heterocycles. The average Bonchev–Trinajstić information content (AvgIpc) is 3.53. The molecule has 2 heterocycles. The highest BCUT2D eigenvalue weighted by molar-refractivity contribution is 6.09. The number of para-hydroxylation sites is 2. The number of fused-ring (bicyclic) bond motifs is 3. The summed E-state index contributed by atoms with van der Waals surface area (Å²) in [5.74, 6) is 1.88. The predicted octanol–water partition coefficient (Wildman–Crippen LogP) is 11.3. The van der Waals surface area contributed by atoms with E-state index in [1.807, 2.05) is 60.7 Å². The number of nitrogens with zero attached hydrogens (tertiary/aromatic N) is 4. The summed E-state index contributed by atoms with van der Waals surface area (Å²) in [6.07, 6.45) is 0. The van der Waals surface area contributed by atoms with Crippen LogP contribution in [-0.2, 0) is 0 Å². The van der Waals surface area contributed by atoms with Crippen molar-refractivity contribution in [1.82, 2.24) is 19.5 Å². The summed E-state index contributed by atoms with van der Waals surface area (Å²) in [6.45, 7) is 0.